The predicted octanol–water partition coefficient (Wildman–Crippen LogP) is 5.43. The third-order valence-corrected chi connectivity index (χ3v) is 4.98. The number of ether oxygens (including phenoxy) is 2. The first kappa shape index (κ1) is 18.7. The van der Waals surface area contributed by atoms with Gasteiger partial charge in [0.15, 0.2) is 0 Å². The van der Waals surface area contributed by atoms with E-state index in [0.717, 1.165) is 5.39 Å². The van der Waals surface area contributed by atoms with Gasteiger partial charge in [0, 0.05) is 17.0 Å². The van der Waals surface area contributed by atoms with Crippen molar-refractivity contribution in [3.63, 3.8) is 0 Å². The number of benzene rings is 3. The van der Waals surface area contributed by atoms with Crippen LogP contribution in [-0.2, 0) is 0 Å². The Labute approximate surface area is 176 Å². The average molecular weight is 412 g/mol. The normalized spacial score (nSPS) is 11.0. The largest absolute Gasteiger partial charge is 0.496 e. The summed E-state index contributed by atoms with van der Waals surface area (Å²) in [6.07, 6.45) is 1.38. The summed E-state index contributed by atoms with van der Waals surface area (Å²) in [5.74, 6) is 0.273. The van der Waals surface area contributed by atoms with Crippen LogP contribution in [0.5, 0.6) is 11.5 Å². The SMILES string of the molecule is COc1ccccc1-c1coc2cc(OC(=O)c3cc4ccccc4o3)ccc2c1=O. The minimum Gasteiger partial charge on any atom is -0.496 e. The number of methoxy groups -OCH3 is 1. The Bertz CT molecular complexity index is 1460. The van der Waals surface area contributed by atoms with Crippen LogP contribution in [0.4, 0.5) is 0 Å². The summed E-state index contributed by atoms with van der Waals surface area (Å²) in [7, 11) is 1.55. The van der Waals surface area contributed by atoms with Crippen LogP contribution in [0.3, 0.4) is 0 Å². The molecule has 0 aliphatic rings. The van der Waals surface area contributed by atoms with Crippen molar-refractivity contribution in [1.29, 1.82) is 0 Å². The summed E-state index contributed by atoms with van der Waals surface area (Å²) < 4.78 is 22.0. The third kappa shape index (κ3) is 3.34. The fourth-order valence-electron chi connectivity index (χ4n) is 3.47. The summed E-state index contributed by atoms with van der Waals surface area (Å²) in [5.41, 5.74) is 1.72. The van der Waals surface area contributed by atoms with E-state index in [0.29, 0.717) is 33.4 Å². The van der Waals surface area contributed by atoms with Gasteiger partial charge >= 0.3 is 5.97 Å². The molecular weight excluding hydrogens is 396 g/mol. The molecule has 0 bridgehead atoms. The molecule has 0 aliphatic carbocycles. The van der Waals surface area contributed by atoms with E-state index >= 15 is 0 Å². The molecule has 0 N–H and O–H groups in total. The van der Waals surface area contributed by atoms with Crippen LogP contribution in [0.15, 0.2) is 92.7 Å². The molecule has 31 heavy (non-hydrogen) atoms. The Morgan fingerprint density at radius 2 is 1.68 bits per heavy atom. The maximum Gasteiger partial charge on any atom is 0.379 e. The molecule has 0 saturated carbocycles. The average Bonchev–Trinajstić information content (AvgIpc) is 3.24. The molecule has 0 spiro atoms. The van der Waals surface area contributed by atoms with Crippen LogP contribution in [-0.4, -0.2) is 13.1 Å². The zero-order chi connectivity index (χ0) is 21.4. The monoisotopic (exact) mass is 412 g/mol. The standard InChI is InChI=1S/C25H16O6/c1-28-21-9-5-3-7-17(21)19-14-29-22-13-16(10-11-18(22)24(19)26)30-25(27)23-12-15-6-2-4-8-20(15)31-23/h2-14H,1H3. The van der Waals surface area contributed by atoms with E-state index in [1.807, 2.05) is 30.3 Å². The smallest absolute Gasteiger partial charge is 0.379 e. The van der Waals surface area contributed by atoms with Gasteiger partial charge in [-0.3, -0.25) is 4.79 Å². The fourth-order valence-corrected chi connectivity index (χ4v) is 3.47. The van der Waals surface area contributed by atoms with Crippen LogP contribution < -0.4 is 14.9 Å². The van der Waals surface area contributed by atoms with E-state index in [1.54, 1.807) is 43.5 Å². The molecule has 3 aromatic carbocycles. The summed E-state index contributed by atoms with van der Waals surface area (Å²) in [6.45, 7) is 0. The molecule has 0 radical (unpaired) electrons. The fraction of sp³-hybridized carbons (Fsp3) is 0.0400. The predicted molar refractivity (Wildman–Crippen MR) is 116 cm³/mol. The zero-order valence-corrected chi connectivity index (χ0v) is 16.5. The van der Waals surface area contributed by atoms with Gasteiger partial charge in [-0.05, 0) is 30.3 Å². The molecule has 0 atom stereocenters. The highest BCUT2D eigenvalue weighted by Gasteiger charge is 2.17. The molecule has 0 aliphatic heterocycles. The van der Waals surface area contributed by atoms with Gasteiger partial charge in [-0.2, -0.15) is 0 Å². The van der Waals surface area contributed by atoms with Gasteiger partial charge in [0.1, 0.15) is 28.9 Å². The van der Waals surface area contributed by atoms with Crippen LogP contribution in [0.25, 0.3) is 33.1 Å². The molecule has 6 nitrogen and oxygen atoms in total. The summed E-state index contributed by atoms with van der Waals surface area (Å²) in [4.78, 5) is 25.5. The number of furan rings is 1. The Balaban J connectivity index is 1.48. The molecule has 2 heterocycles. The first-order valence-corrected chi connectivity index (χ1v) is 9.54. The summed E-state index contributed by atoms with van der Waals surface area (Å²) in [5, 5.41) is 1.18. The first-order valence-electron chi connectivity index (χ1n) is 9.54. The van der Waals surface area contributed by atoms with Gasteiger partial charge in [0.2, 0.25) is 11.2 Å². The molecule has 6 heteroatoms. The van der Waals surface area contributed by atoms with Crippen molar-refractivity contribution in [2.75, 3.05) is 7.11 Å². The number of hydrogen-bond donors (Lipinski definition) is 0. The first-order chi connectivity index (χ1) is 15.1. The lowest BCUT2D eigenvalue weighted by atomic mass is 10.0. The third-order valence-electron chi connectivity index (χ3n) is 4.98. The number of rotatable bonds is 4. The topological polar surface area (TPSA) is 78.9 Å². The van der Waals surface area contributed by atoms with Gasteiger partial charge in [-0.25, -0.2) is 4.79 Å². The quantitative estimate of drug-likeness (QED) is 0.289. The van der Waals surface area contributed by atoms with Gasteiger partial charge < -0.3 is 18.3 Å². The number of fused-ring (bicyclic) bond motifs is 2. The van der Waals surface area contributed by atoms with Crippen LogP contribution >= 0.6 is 0 Å². The van der Waals surface area contributed by atoms with Gasteiger partial charge in [-0.15, -0.1) is 0 Å². The van der Waals surface area contributed by atoms with Gasteiger partial charge in [0.05, 0.1) is 18.1 Å². The minimum atomic E-state index is -0.636. The van der Waals surface area contributed by atoms with E-state index in [4.69, 9.17) is 18.3 Å². The van der Waals surface area contributed by atoms with Crippen molar-refractivity contribution in [2.24, 2.45) is 0 Å². The van der Waals surface area contributed by atoms with Gasteiger partial charge in [0.25, 0.3) is 0 Å². The minimum absolute atomic E-state index is 0.0919. The van der Waals surface area contributed by atoms with E-state index in [1.165, 1.54) is 12.3 Å². The number of carbonyl (C=O) groups excluding carboxylic acids is 1. The summed E-state index contributed by atoms with van der Waals surface area (Å²) >= 11 is 0. The maximum atomic E-state index is 13.0. The molecule has 152 valence electrons. The van der Waals surface area contributed by atoms with E-state index in [-0.39, 0.29) is 16.9 Å². The molecule has 5 rings (SSSR count). The van der Waals surface area contributed by atoms with E-state index in [2.05, 4.69) is 0 Å². The second-order valence-corrected chi connectivity index (χ2v) is 6.87. The van der Waals surface area contributed by atoms with Crippen LogP contribution in [0.1, 0.15) is 10.6 Å². The van der Waals surface area contributed by atoms with Crippen LogP contribution in [0, 0.1) is 0 Å². The Morgan fingerprint density at radius 1 is 0.871 bits per heavy atom. The molecule has 0 fully saturated rings. The van der Waals surface area contributed by atoms with Gasteiger partial charge in [-0.1, -0.05) is 36.4 Å². The lowest BCUT2D eigenvalue weighted by Crippen LogP contribution is -2.08. The number of carbonyl (C=O) groups is 1. The van der Waals surface area contributed by atoms with Crippen LogP contribution in [0.2, 0.25) is 0 Å². The lowest BCUT2D eigenvalue weighted by molar-refractivity contribution is 0.0704. The highest BCUT2D eigenvalue weighted by molar-refractivity contribution is 5.94. The molecule has 0 amide bonds. The van der Waals surface area contributed by atoms with Crippen molar-refractivity contribution < 1.29 is 23.1 Å². The molecule has 0 saturated heterocycles. The maximum absolute atomic E-state index is 13.0. The zero-order valence-electron chi connectivity index (χ0n) is 16.5. The van der Waals surface area contributed by atoms with Crippen molar-refractivity contribution in [3.8, 4) is 22.6 Å². The lowest BCUT2D eigenvalue weighted by Gasteiger charge is -2.08. The Hall–Kier alpha value is -4.32. The summed E-state index contributed by atoms with van der Waals surface area (Å²) in [6, 6.07) is 20.8. The Morgan fingerprint density at radius 3 is 2.52 bits per heavy atom. The molecule has 2 aromatic heterocycles. The van der Waals surface area contributed by atoms with Crippen molar-refractivity contribution in [3.05, 3.63) is 95.0 Å². The second kappa shape index (κ2) is 7.50. The number of hydrogen-bond acceptors (Lipinski definition) is 6. The van der Waals surface area contributed by atoms with Crippen molar-refractivity contribution in [1.82, 2.24) is 0 Å². The van der Waals surface area contributed by atoms with E-state index in [9.17, 15) is 9.59 Å². The highest BCUT2D eigenvalue weighted by atomic mass is 16.5. The molecule has 0 unspecified atom stereocenters. The van der Waals surface area contributed by atoms with Crippen molar-refractivity contribution in [2.45, 2.75) is 0 Å². The Kier molecular flexibility index (Phi) is 4.52. The van der Waals surface area contributed by atoms with Crippen molar-refractivity contribution >= 4 is 27.9 Å². The van der Waals surface area contributed by atoms with E-state index < -0.39 is 5.97 Å². The molecule has 5 aromatic rings. The second-order valence-electron chi connectivity index (χ2n) is 6.87. The highest BCUT2D eigenvalue weighted by Crippen LogP contribution is 2.29. The number of para-hydroxylation sites is 2. The molecular formula is C25H16O6. The number of esters is 1.